The fraction of sp³-hybridized carbons (Fsp3) is 0.442. The van der Waals surface area contributed by atoms with E-state index < -0.39 is 151 Å². The molecule has 33 nitrogen and oxygen atoms in total. The lowest BCUT2D eigenvalue weighted by molar-refractivity contribution is -0.148. The van der Waals surface area contributed by atoms with Crippen LogP contribution < -0.4 is 58.3 Å². The minimum Gasteiger partial charge on any atom is -0.497 e. The molecule has 12 amide bonds. The number of nitrogens with two attached hydrogens (primary N) is 1. The number of carbonyl (C=O) groups excluding carboxylic acids is 12. The number of hydrogen-bond acceptors (Lipinski definition) is 19. The van der Waals surface area contributed by atoms with Crippen molar-refractivity contribution in [3.8, 4) is 5.75 Å². The number of alkyl carbamates (subject to hydrolysis) is 1. The highest BCUT2D eigenvalue weighted by Crippen LogP contribution is 2.33. The average Bonchev–Trinajstić information content (AvgIpc) is 1.61. The van der Waals surface area contributed by atoms with Crippen LogP contribution >= 0.6 is 0 Å². The van der Waals surface area contributed by atoms with E-state index in [4.69, 9.17) is 24.7 Å². The number of rotatable bonds is 13. The fourth-order valence-electron chi connectivity index (χ4n) is 15.6. The number of amides is 12. The number of nitrogens with one attached hydrogen (secondary N) is 9. The number of carbonyl (C=O) groups is 12. The van der Waals surface area contributed by atoms with Gasteiger partial charge in [-0.25, -0.2) is 9.18 Å². The van der Waals surface area contributed by atoms with Gasteiger partial charge in [0.1, 0.15) is 78.3 Å². The second kappa shape index (κ2) is 40.8. The van der Waals surface area contributed by atoms with Crippen LogP contribution in [-0.4, -0.2) is 218 Å². The minimum absolute atomic E-state index is 0.0449. The molecule has 7 aromatic rings. The second-order valence-corrected chi connectivity index (χ2v) is 31.0. The van der Waals surface area contributed by atoms with Crippen LogP contribution in [0.3, 0.4) is 0 Å². The third-order valence-electron chi connectivity index (χ3n) is 22.3. The Hall–Kier alpha value is -12.4. The molecule has 0 radical (unpaired) electrons. The summed E-state index contributed by atoms with van der Waals surface area (Å²) in [6.07, 6.45) is 4.22. The Morgan fingerprint density at radius 2 is 1.47 bits per heavy atom. The van der Waals surface area contributed by atoms with Crippen molar-refractivity contribution >= 4 is 82.0 Å². The van der Waals surface area contributed by atoms with Gasteiger partial charge in [-0.05, 0) is 129 Å². The number of benzene rings is 5. The number of ether oxygens (including phenoxy) is 4. The molecule has 6 aliphatic heterocycles. The van der Waals surface area contributed by atoms with Gasteiger partial charge in [0.25, 0.3) is 0 Å². The largest absolute Gasteiger partial charge is 0.497 e. The van der Waals surface area contributed by atoms with Gasteiger partial charge in [-0.3, -0.25) is 57.4 Å². The zero-order valence-corrected chi connectivity index (χ0v) is 67.6. The van der Waals surface area contributed by atoms with Gasteiger partial charge in [0.2, 0.25) is 65.0 Å². The molecule has 0 unspecified atom stereocenters. The van der Waals surface area contributed by atoms with Crippen LogP contribution in [0.1, 0.15) is 110 Å². The molecular formula is C86H104FN17O16. The van der Waals surface area contributed by atoms with Crippen LogP contribution in [0.2, 0.25) is 0 Å². The molecular weight excluding hydrogens is 1550 g/mol. The Morgan fingerprint density at radius 1 is 0.700 bits per heavy atom. The number of fused-ring (bicyclic) bond motifs is 16. The lowest BCUT2D eigenvalue weighted by Gasteiger charge is -2.37. The highest BCUT2D eigenvalue weighted by Gasteiger charge is 2.50. The predicted molar refractivity (Wildman–Crippen MR) is 435 cm³/mol. The summed E-state index contributed by atoms with van der Waals surface area (Å²) in [6, 6.07) is 23.3. The molecule has 0 aliphatic carbocycles. The van der Waals surface area contributed by atoms with Crippen LogP contribution in [0, 0.1) is 5.82 Å². The number of nitrogens with zero attached hydrogens (tertiary/aromatic N) is 7. The molecule has 120 heavy (non-hydrogen) atoms. The topological polar surface area (TPSA) is 421 Å². The first-order chi connectivity index (χ1) is 57.9. The Kier molecular flexibility index (Phi) is 29.6. The normalized spacial score (nSPS) is 23.9. The van der Waals surface area contributed by atoms with Crippen molar-refractivity contribution in [1.29, 1.82) is 0 Å². The number of halogens is 1. The maximum atomic E-state index is 16.4. The Bertz CT molecular complexity index is 4890. The van der Waals surface area contributed by atoms with Gasteiger partial charge in [0.15, 0.2) is 0 Å². The summed E-state index contributed by atoms with van der Waals surface area (Å²) in [6.45, 7) is 3.83. The molecule has 0 saturated carbocycles. The third kappa shape index (κ3) is 22.7. The summed E-state index contributed by atoms with van der Waals surface area (Å²) in [5, 5.41) is 34.1. The predicted octanol–water partition coefficient (Wildman–Crippen LogP) is 2.66. The van der Waals surface area contributed by atoms with Gasteiger partial charge < -0.3 is 91.8 Å². The minimum atomic E-state index is -1.79. The second-order valence-electron chi connectivity index (χ2n) is 31.0. The molecule has 2 saturated heterocycles. The lowest BCUT2D eigenvalue weighted by Crippen LogP contribution is -2.64. The molecule has 636 valence electrons. The van der Waals surface area contributed by atoms with Crippen molar-refractivity contribution in [2.45, 2.75) is 191 Å². The van der Waals surface area contributed by atoms with Gasteiger partial charge in [-0.1, -0.05) is 108 Å². The van der Waals surface area contributed by atoms with Crippen LogP contribution in [0.4, 0.5) is 9.18 Å². The van der Waals surface area contributed by atoms with E-state index in [0.29, 0.717) is 64.6 Å². The van der Waals surface area contributed by atoms with Crippen LogP contribution in [0.25, 0.3) is 10.9 Å². The Balaban J connectivity index is 0.949. The molecule has 0 spiro atoms. The Morgan fingerprint density at radius 3 is 2.25 bits per heavy atom. The molecule has 10 atom stereocenters. The van der Waals surface area contributed by atoms with E-state index in [0.717, 1.165) is 21.6 Å². The fourth-order valence-corrected chi connectivity index (χ4v) is 15.6. The maximum absolute atomic E-state index is 16.4. The van der Waals surface area contributed by atoms with Crippen molar-refractivity contribution in [1.82, 2.24) is 82.1 Å². The standard InChI is InChI=1S/C86H104FN17O16/c1-53-77(108)96-69(45-88)79(110)93-66-42-59-16-12-17-60(40-59)46-91-73(106)52-119-71-31-38-103-76(71)81(112)97-75(54(2)118-51-63-49-102(99-98-63)39-34-90-85(116)120-50-58-14-8-7-9-15-58)80(111)95-67(41-56-22-25-64(117-4)26-23-56)83(114)104-37-13-32-86(104,3)84(115)89-33-30-55-18-20-57(21-19-55)47-101(74(107)29-28-72(105)92-53)36-11-6-5-10-35-100-48-61(43-68(82(103)113)94-78(66)109)65-44-62(87)24-27-70(65)100/h5,7-10,12,14-27,40,44,48-49,53-54,66-69,71,75-76H,6,11,13,28-39,41-43,45-47,50-52,88H2,1-4H3,(H,89,115)(H,90,116)(H,91,106)(H,92,105)(H,93,110)(H,94,109)(H,95,111)(H,96,108)(H,97,112)/b10-5+/t53-,54+,66-,67-,68-,69+,71-,75-,76-,86-/m0/s1. The number of methoxy groups -OCH3 is 1. The van der Waals surface area contributed by atoms with E-state index in [1.807, 2.05) is 71.3 Å². The van der Waals surface area contributed by atoms with Gasteiger partial charge in [0, 0.05) is 108 Å². The third-order valence-corrected chi connectivity index (χ3v) is 22.3. The molecule has 11 N–H and O–H groups in total. The zero-order chi connectivity index (χ0) is 85.0. The van der Waals surface area contributed by atoms with Crippen LogP contribution in [0.5, 0.6) is 5.75 Å². The highest BCUT2D eigenvalue weighted by atomic mass is 19.1. The van der Waals surface area contributed by atoms with Gasteiger partial charge in [-0.15, -0.1) is 5.10 Å². The SMILES string of the molecule is COc1ccc(C[C@@H]2NC(=O)[C@H]([C@@H](C)OCc3cn(CCNC(=O)OCc4ccccc4)nn3)NC(=O)[C@@H]3[C@@H]4CCN3C(=O)[C@@H]3Cc5cn(c6ccc(F)cc56)C/C=C/CCCN(Cc5ccc(cc5)CCNC(=O)[C@]5(C)CCCN5C2=O)C(=O)CCC(=O)N[C@@H](C)C(=O)N[C@H](CN)C(=O)N[C@@H](Cc2cccc(c2)CNC(=O)CO4)C(=O)N3)cc1. The van der Waals surface area contributed by atoms with E-state index in [9.17, 15) is 33.6 Å². The van der Waals surface area contributed by atoms with Crippen molar-refractivity contribution in [2.24, 2.45) is 5.73 Å². The lowest BCUT2D eigenvalue weighted by atomic mass is 9.95. The van der Waals surface area contributed by atoms with E-state index >= 15 is 28.4 Å². The summed E-state index contributed by atoms with van der Waals surface area (Å²) >= 11 is 0. The first-order valence-electron chi connectivity index (χ1n) is 40.6. The molecule has 2 aromatic heterocycles. The quantitative estimate of drug-likeness (QED) is 0.0742. The van der Waals surface area contributed by atoms with Crippen molar-refractivity contribution in [3.63, 3.8) is 0 Å². The van der Waals surface area contributed by atoms with E-state index in [1.54, 1.807) is 78.8 Å². The molecule has 5 aromatic carbocycles. The smallest absolute Gasteiger partial charge is 0.407 e. The van der Waals surface area contributed by atoms with Crippen molar-refractivity contribution in [2.75, 3.05) is 53.0 Å². The van der Waals surface area contributed by atoms with E-state index in [2.05, 4.69) is 58.2 Å². The Labute approximate surface area is 693 Å². The zero-order valence-electron chi connectivity index (χ0n) is 67.6. The maximum Gasteiger partial charge on any atom is 0.407 e. The first-order valence-corrected chi connectivity index (χ1v) is 40.6. The van der Waals surface area contributed by atoms with E-state index in [1.165, 1.54) is 42.7 Å². The van der Waals surface area contributed by atoms with Gasteiger partial charge >= 0.3 is 6.09 Å². The molecule has 8 heterocycles. The molecule has 2 fully saturated rings. The summed E-state index contributed by atoms with van der Waals surface area (Å²) in [5.74, 6) is -8.50. The highest BCUT2D eigenvalue weighted by molar-refractivity contribution is 6.00. The van der Waals surface area contributed by atoms with Crippen LogP contribution in [0.15, 0.2) is 146 Å². The monoisotopic (exact) mass is 1650 g/mol. The van der Waals surface area contributed by atoms with Crippen molar-refractivity contribution in [3.05, 3.63) is 196 Å². The number of hydrogen-bond donors (Lipinski definition) is 10. The average molecular weight is 1650 g/mol. The summed E-state index contributed by atoms with van der Waals surface area (Å²) < 4.78 is 42.9. The molecule has 12 bridgehead atoms. The van der Waals surface area contributed by atoms with Crippen LogP contribution in [-0.2, 0) is 132 Å². The summed E-state index contributed by atoms with van der Waals surface area (Å²) in [4.78, 5) is 183. The van der Waals surface area contributed by atoms with Crippen molar-refractivity contribution < 1.29 is 80.9 Å². The first kappa shape index (κ1) is 86.9. The number of aromatic nitrogens is 4. The summed E-state index contributed by atoms with van der Waals surface area (Å²) in [7, 11) is 1.49. The van der Waals surface area contributed by atoms with Gasteiger partial charge in [-0.2, -0.15) is 0 Å². The molecule has 6 aliphatic rings. The number of allylic oxidation sites excluding steroid dienone is 2. The molecule has 34 heteroatoms. The molecule has 13 rings (SSSR count). The van der Waals surface area contributed by atoms with E-state index in [-0.39, 0.29) is 122 Å². The summed E-state index contributed by atoms with van der Waals surface area (Å²) in [5.41, 5.74) is 9.88. The van der Waals surface area contributed by atoms with Gasteiger partial charge in [0.05, 0.1) is 38.7 Å².